The highest BCUT2D eigenvalue weighted by Crippen LogP contribution is 2.30. The first-order chi connectivity index (χ1) is 16.5. The second kappa shape index (κ2) is 9.57. The largest absolute Gasteiger partial charge is 0.340 e. The highest BCUT2D eigenvalue weighted by molar-refractivity contribution is 7.13. The van der Waals surface area contributed by atoms with Gasteiger partial charge >= 0.3 is 0 Å². The van der Waals surface area contributed by atoms with Gasteiger partial charge in [0.2, 0.25) is 0 Å². The summed E-state index contributed by atoms with van der Waals surface area (Å²) in [4.78, 5) is 14.2. The summed E-state index contributed by atoms with van der Waals surface area (Å²) in [5, 5.41) is 6.67. The first-order valence-corrected chi connectivity index (χ1v) is 12.2. The van der Waals surface area contributed by atoms with Crippen molar-refractivity contribution in [3.8, 4) is 21.8 Å². The number of hydrogen-bond acceptors (Lipinski definition) is 5. The molecule has 168 valence electrons. The second-order valence-corrected chi connectivity index (χ2v) is 9.31. The molecule has 34 heavy (non-hydrogen) atoms. The van der Waals surface area contributed by atoms with Crippen molar-refractivity contribution in [2.24, 2.45) is 0 Å². The number of hydrogen-bond donors (Lipinski definition) is 1. The lowest BCUT2D eigenvalue weighted by molar-refractivity contribution is 0.965. The van der Waals surface area contributed by atoms with E-state index in [0.29, 0.717) is 0 Å². The molecule has 1 N–H and O–H groups in total. The van der Waals surface area contributed by atoms with Crippen LogP contribution in [0.2, 0.25) is 0 Å². The van der Waals surface area contributed by atoms with Crippen LogP contribution in [0.5, 0.6) is 0 Å². The molecule has 0 spiro atoms. The van der Waals surface area contributed by atoms with E-state index in [4.69, 9.17) is 9.97 Å². The van der Waals surface area contributed by atoms with Crippen molar-refractivity contribution in [1.29, 1.82) is 0 Å². The molecular formula is C29H26N4S. The van der Waals surface area contributed by atoms with E-state index >= 15 is 0 Å². The molecule has 0 radical (unpaired) electrons. The Labute approximate surface area is 204 Å². The lowest BCUT2D eigenvalue weighted by Gasteiger charge is -2.15. The number of anilines is 2. The second-order valence-electron chi connectivity index (χ2n) is 8.45. The van der Waals surface area contributed by atoms with Gasteiger partial charge in [-0.15, -0.1) is 11.3 Å². The Morgan fingerprint density at radius 3 is 2.21 bits per heavy atom. The van der Waals surface area contributed by atoms with Gasteiger partial charge in [0.05, 0.1) is 5.69 Å². The molecule has 0 bridgehead atoms. The van der Waals surface area contributed by atoms with Gasteiger partial charge in [0, 0.05) is 39.9 Å². The highest BCUT2D eigenvalue weighted by Gasteiger charge is 2.12. The third-order valence-electron chi connectivity index (χ3n) is 5.80. The summed E-state index contributed by atoms with van der Waals surface area (Å²) >= 11 is 1.67. The Morgan fingerprint density at radius 1 is 0.735 bits per heavy atom. The minimum absolute atomic E-state index is 0.764. The van der Waals surface area contributed by atoms with E-state index in [1.807, 2.05) is 25.1 Å². The number of benzene rings is 3. The van der Waals surface area contributed by atoms with Crippen molar-refractivity contribution >= 4 is 22.8 Å². The summed E-state index contributed by atoms with van der Waals surface area (Å²) < 4.78 is 0. The van der Waals surface area contributed by atoms with Crippen molar-refractivity contribution in [2.75, 3.05) is 5.32 Å². The van der Waals surface area contributed by atoms with E-state index in [1.54, 1.807) is 11.3 Å². The van der Waals surface area contributed by atoms with Crippen molar-refractivity contribution < 1.29 is 0 Å². The molecule has 2 heterocycles. The van der Waals surface area contributed by atoms with Gasteiger partial charge in [0.1, 0.15) is 16.6 Å². The zero-order valence-electron chi connectivity index (χ0n) is 19.5. The monoisotopic (exact) mass is 462 g/mol. The number of nitrogens with one attached hydrogen (secondary N) is 1. The zero-order chi connectivity index (χ0) is 23.5. The van der Waals surface area contributed by atoms with Gasteiger partial charge in [-0.05, 0) is 38.5 Å². The van der Waals surface area contributed by atoms with E-state index in [-0.39, 0.29) is 0 Å². The van der Waals surface area contributed by atoms with Gasteiger partial charge in [0.25, 0.3) is 0 Å². The molecule has 5 rings (SSSR count). The fraction of sp³-hybridized carbons (Fsp3) is 0.138. The molecule has 0 aliphatic heterocycles. The van der Waals surface area contributed by atoms with Crippen LogP contribution < -0.4 is 5.32 Å². The maximum atomic E-state index is 4.83. The summed E-state index contributed by atoms with van der Waals surface area (Å²) in [7, 11) is 0. The minimum atomic E-state index is 0.764. The number of nitrogens with zero attached hydrogens (tertiary/aromatic N) is 3. The van der Waals surface area contributed by atoms with Crippen LogP contribution >= 0.6 is 11.3 Å². The SMILES string of the molecule is Cc1ccc(Cc2c(C)nc(C)nc2Nc2ccc(-c3csc(-c4ccccc4)n3)cc2)cc1. The number of aryl methyl sites for hydroxylation is 3. The fourth-order valence-electron chi connectivity index (χ4n) is 3.94. The van der Waals surface area contributed by atoms with Gasteiger partial charge in [-0.3, -0.25) is 0 Å². The zero-order valence-corrected chi connectivity index (χ0v) is 20.4. The van der Waals surface area contributed by atoms with Crippen LogP contribution in [-0.4, -0.2) is 15.0 Å². The van der Waals surface area contributed by atoms with Crippen LogP contribution in [0.4, 0.5) is 11.5 Å². The van der Waals surface area contributed by atoms with Crippen molar-refractivity contribution in [3.63, 3.8) is 0 Å². The summed E-state index contributed by atoms with van der Waals surface area (Å²) in [6.45, 7) is 6.09. The molecule has 0 saturated heterocycles. The van der Waals surface area contributed by atoms with E-state index in [0.717, 1.165) is 56.8 Å². The van der Waals surface area contributed by atoms with Gasteiger partial charge < -0.3 is 5.32 Å². The Kier molecular flexibility index (Phi) is 6.19. The van der Waals surface area contributed by atoms with E-state index in [2.05, 4.69) is 90.2 Å². The van der Waals surface area contributed by atoms with Gasteiger partial charge in [-0.1, -0.05) is 72.3 Å². The molecule has 2 aromatic heterocycles. The Morgan fingerprint density at radius 2 is 1.47 bits per heavy atom. The molecule has 5 heteroatoms. The molecule has 0 amide bonds. The van der Waals surface area contributed by atoms with Crippen LogP contribution in [0.25, 0.3) is 21.8 Å². The standard InChI is InChI=1S/C29H26N4S/c1-19-9-11-22(12-10-19)17-26-20(2)30-21(3)31-28(26)32-25-15-13-23(14-16-25)27-18-34-29(33-27)24-7-5-4-6-8-24/h4-16,18H,17H2,1-3H3,(H,30,31,32). The molecule has 3 aromatic carbocycles. The molecule has 0 saturated carbocycles. The molecule has 4 nitrogen and oxygen atoms in total. The van der Waals surface area contributed by atoms with Gasteiger partial charge in [0.15, 0.2) is 0 Å². The smallest absolute Gasteiger partial charge is 0.137 e. The highest BCUT2D eigenvalue weighted by atomic mass is 32.1. The summed E-state index contributed by atoms with van der Waals surface area (Å²) in [5.41, 5.74) is 8.85. The lowest BCUT2D eigenvalue weighted by atomic mass is 10.0. The maximum Gasteiger partial charge on any atom is 0.137 e. The Balaban J connectivity index is 1.38. The van der Waals surface area contributed by atoms with E-state index in [9.17, 15) is 0 Å². The predicted octanol–water partition coefficient (Wildman–Crippen LogP) is 7.53. The topological polar surface area (TPSA) is 50.7 Å². The van der Waals surface area contributed by atoms with Crippen molar-refractivity contribution in [2.45, 2.75) is 27.2 Å². The quantitative estimate of drug-likeness (QED) is 0.283. The number of thiazole rings is 1. The molecule has 0 aliphatic rings. The summed E-state index contributed by atoms with van der Waals surface area (Å²) in [6, 6.07) is 27.3. The van der Waals surface area contributed by atoms with Gasteiger partial charge in [-0.2, -0.15) is 0 Å². The predicted molar refractivity (Wildman–Crippen MR) is 142 cm³/mol. The Hall–Kier alpha value is -3.83. The van der Waals surface area contributed by atoms with Crippen molar-refractivity contribution in [3.05, 3.63) is 112 Å². The first kappa shape index (κ1) is 22.0. The summed E-state index contributed by atoms with van der Waals surface area (Å²) in [6.07, 6.45) is 0.786. The lowest BCUT2D eigenvalue weighted by Crippen LogP contribution is -2.06. The summed E-state index contributed by atoms with van der Waals surface area (Å²) in [5.74, 6) is 1.62. The first-order valence-electron chi connectivity index (χ1n) is 11.3. The van der Waals surface area contributed by atoms with Crippen LogP contribution in [0.3, 0.4) is 0 Å². The molecule has 0 atom stereocenters. The maximum absolute atomic E-state index is 4.83. The molecule has 5 aromatic rings. The molecule has 0 aliphatic carbocycles. The van der Waals surface area contributed by atoms with Crippen LogP contribution in [0, 0.1) is 20.8 Å². The minimum Gasteiger partial charge on any atom is -0.340 e. The van der Waals surface area contributed by atoms with Crippen LogP contribution in [-0.2, 0) is 6.42 Å². The van der Waals surface area contributed by atoms with Gasteiger partial charge in [-0.25, -0.2) is 15.0 Å². The normalized spacial score (nSPS) is 10.9. The third-order valence-corrected chi connectivity index (χ3v) is 6.69. The van der Waals surface area contributed by atoms with Crippen molar-refractivity contribution in [1.82, 2.24) is 15.0 Å². The van der Waals surface area contributed by atoms with Crippen LogP contribution in [0.15, 0.2) is 84.2 Å². The molecular weight excluding hydrogens is 436 g/mol. The Bertz CT molecular complexity index is 1410. The van der Waals surface area contributed by atoms with Crippen LogP contribution in [0.1, 0.15) is 28.2 Å². The molecule has 0 unspecified atom stereocenters. The average Bonchev–Trinajstić information content (AvgIpc) is 3.34. The number of aromatic nitrogens is 3. The van der Waals surface area contributed by atoms with E-state index in [1.165, 1.54) is 11.1 Å². The third kappa shape index (κ3) is 4.90. The van der Waals surface area contributed by atoms with E-state index < -0.39 is 0 Å². The fourth-order valence-corrected chi connectivity index (χ4v) is 4.78. The average molecular weight is 463 g/mol. The number of rotatable bonds is 6. The molecule has 0 fully saturated rings.